The Morgan fingerprint density at radius 2 is 2.00 bits per heavy atom. The van der Waals surface area contributed by atoms with E-state index in [0.29, 0.717) is 22.7 Å². The predicted molar refractivity (Wildman–Crippen MR) is 101 cm³/mol. The van der Waals surface area contributed by atoms with Crippen molar-refractivity contribution in [1.29, 1.82) is 0 Å². The van der Waals surface area contributed by atoms with Gasteiger partial charge < -0.3 is 5.11 Å². The summed E-state index contributed by atoms with van der Waals surface area (Å²) in [4.78, 5) is 11.0. The maximum atomic E-state index is 14.0. The van der Waals surface area contributed by atoms with Crippen LogP contribution in [0.2, 0.25) is 5.02 Å². The van der Waals surface area contributed by atoms with Crippen LogP contribution in [-0.4, -0.2) is 21.3 Å². The third-order valence-corrected chi connectivity index (χ3v) is 4.76. The summed E-state index contributed by atoms with van der Waals surface area (Å²) in [6.45, 7) is 1.91. The Labute approximate surface area is 158 Å². The van der Waals surface area contributed by atoms with Crippen molar-refractivity contribution in [3.8, 4) is 11.3 Å². The average molecular weight is 379 g/mol. The first kappa shape index (κ1) is 20.3. The number of hydrogen-bond acceptors (Lipinski definition) is 3. The van der Waals surface area contributed by atoms with Crippen LogP contribution in [0.4, 0.5) is 4.39 Å². The lowest BCUT2D eigenvalue weighted by Gasteiger charge is -2.09. The minimum atomic E-state index is -0.698. The summed E-state index contributed by atoms with van der Waals surface area (Å²) in [7, 11) is 0. The lowest BCUT2D eigenvalue weighted by atomic mass is 9.98. The summed E-state index contributed by atoms with van der Waals surface area (Å²) in [6.07, 6.45) is 7.90. The van der Waals surface area contributed by atoms with Gasteiger partial charge >= 0.3 is 5.97 Å². The van der Waals surface area contributed by atoms with Gasteiger partial charge in [-0.15, -0.1) is 0 Å². The minimum absolute atomic E-state index is 0.227. The Balaban J connectivity index is 1.82. The van der Waals surface area contributed by atoms with Crippen LogP contribution in [0.15, 0.2) is 30.5 Å². The van der Waals surface area contributed by atoms with Gasteiger partial charge in [-0.3, -0.25) is 4.79 Å². The van der Waals surface area contributed by atoms with Gasteiger partial charge in [0.15, 0.2) is 0 Å². The Morgan fingerprint density at radius 3 is 2.73 bits per heavy atom. The number of carboxylic acids is 1. The average Bonchev–Trinajstić information content (AvgIpc) is 2.63. The molecular weight excluding hydrogens is 355 g/mol. The van der Waals surface area contributed by atoms with Gasteiger partial charge in [-0.2, -0.15) is 10.2 Å². The maximum Gasteiger partial charge on any atom is 0.306 e. The van der Waals surface area contributed by atoms with E-state index >= 15 is 0 Å². The number of carbonyl (C=O) groups is 1. The maximum absolute atomic E-state index is 14.0. The summed E-state index contributed by atoms with van der Waals surface area (Å²) in [5, 5.41) is 17.5. The molecule has 4 nitrogen and oxygen atoms in total. The van der Waals surface area contributed by atoms with Crippen LogP contribution >= 0.6 is 11.6 Å². The normalized spacial score (nSPS) is 12.1. The molecule has 0 aliphatic carbocycles. The summed E-state index contributed by atoms with van der Waals surface area (Å²) in [5.74, 6) is -1.30. The smallest absolute Gasteiger partial charge is 0.306 e. The molecule has 1 N–H and O–H groups in total. The van der Waals surface area contributed by atoms with E-state index in [9.17, 15) is 9.18 Å². The molecule has 0 saturated heterocycles. The number of halogens is 2. The quantitative estimate of drug-likeness (QED) is 0.551. The van der Waals surface area contributed by atoms with E-state index in [1.165, 1.54) is 12.1 Å². The molecule has 1 atom stereocenters. The van der Waals surface area contributed by atoms with E-state index in [1.54, 1.807) is 12.3 Å². The van der Waals surface area contributed by atoms with Crippen molar-refractivity contribution in [3.05, 3.63) is 46.9 Å². The summed E-state index contributed by atoms with van der Waals surface area (Å²) in [6, 6.07) is 6.23. The molecule has 0 radical (unpaired) electrons. The number of unbranched alkanes of at least 4 members (excludes halogenated alkanes) is 3. The lowest BCUT2D eigenvalue weighted by Crippen LogP contribution is -2.12. The topological polar surface area (TPSA) is 63.1 Å². The molecule has 1 unspecified atom stereocenters. The number of aryl methyl sites for hydroxylation is 1. The second kappa shape index (κ2) is 10.2. The molecule has 140 valence electrons. The minimum Gasteiger partial charge on any atom is -0.481 e. The molecule has 6 heteroatoms. The monoisotopic (exact) mass is 378 g/mol. The van der Waals surface area contributed by atoms with Crippen LogP contribution in [-0.2, 0) is 11.2 Å². The number of rotatable bonds is 10. The molecule has 1 heterocycles. The van der Waals surface area contributed by atoms with E-state index < -0.39 is 5.97 Å². The Morgan fingerprint density at radius 1 is 1.23 bits per heavy atom. The molecule has 2 aromatic rings. The summed E-state index contributed by atoms with van der Waals surface area (Å²) in [5.41, 5.74) is 1.84. The van der Waals surface area contributed by atoms with Crippen molar-refractivity contribution >= 4 is 17.6 Å². The first-order chi connectivity index (χ1) is 12.5. The molecule has 0 spiro atoms. The molecule has 1 aromatic heterocycles. The Hall–Kier alpha value is -2.01. The number of benzene rings is 1. The highest BCUT2D eigenvalue weighted by atomic mass is 35.5. The highest BCUT2D eigenvalue weighted by Gasteiger charge is 2.13. The fraction of sp³-hybridized carbons (Fsp3) is 0.450. The van der Waals surface area contributed by atoms with Gasteiger partial charge in [-0.05, 0) is 55.5 Å². The fourth-order valence-corrected chi connectivity index (χ4v) is 3.12. The molecule has 26 heavy (non-hydrogen) atoms. The third kappa shape index (κ3) is 6.06. The molecule has 0 amide bonds. The van der Waals surface area contributed by atoms with Gasteiger partial charge in [0, 0.05) is 10.6 Å². The Bertz CT molecular complexity index is 740. The molecule has 0 fully saturated rings. The van der Waals surface area contributed by atoms with E-state index in [0.717, 1.165) is 44.1 Å². The van der Waals surface area contributed by atoms with Gasteiger partial charge in [0.2, 0.25) is 0 Å². The standard InChI is InChI=1S/C20H24ClFN2O2/c1-2-15(20(25)26)8-6-4-3-5-7-14-11-19(24-23-13-14)17-12-16(21)9-10-18(17)22/h9-13,15H,2-8H2,1H3,(H,25,26). The van der Waals surface area contributed by atoms with Crippen LogP contribution in [0.1, 0.15) is 51.0 Å². The molecule has 0 bridgehead atoms. The van der Waals surface area contributed by atoms with Gasteiger partial charge in [0.05, 0.1) is 17.8 Å². The van der Waals surface area contributed by atoms with E-state index in [4.69, 9.17) is 16.7 Å². The van der Waals surface area contributed by atoms with Gasteiger partial charge in [-0.1, -0.05) is 37.8 Å². The van der Waals surface area contributed by atoms with Crippen LogP contribution in [0.3, 0.4) is 0 Å². The first-order valence-corrected chi connectivity index (χ1v) is 9.39. The van der Waals surface area contributed by atoms with E-state index in [2.05, 4.69) is 10.2 Å². The Kier molecular flexibility index (Phi) is 7.98. The second-order valence-electron chi connectivity index (χ2n) is 6.47. The van der Waals surface area contributed by atoms with E-state index in [1.807, 2.05) is 13.0 Å². The zero-order chi connectivity index (χ0) is 18.9. The molecule has 0 saturated carbocycles. The van der Waals surface area contributed by atoms with Crippen LogP contribution in [0, 0.1) is 11.7 Å². The van der Waals surface area contributed by atoms with Gasteiger partial charge in [0.25, 0.3) is 0 Å². The largest absolute Gasteiger partial charge is 0.481 e. The predicted octanol–water partition coefficient (Wildman–Crippen LogP) is 5.54. The summed E-state index contributed by atoms with van der Waals surface area (Å²) < 4.78 is 14.0. The second-order valence-corrected chi connectivity index (χ2v) is 6.91. The molecule has 0 aliphatic rings. The van der Waals surface area contributed by atoms with Crippen molar-refractivity contribution in [2.24, 2.45) is 5.92 Å². The highest BCUT2D eigenvalue weighted by Crippen LogP contribution is 2.25. The number of hydrogen-bond donors (Lipinski definition) is 1. The van der Waals surface area contributed by atoms with Crippen molar-refractivity contribution in [2.45, 2.75) is 51.9 Å². The first-order valence-electron chi connectivity index (χ1n) is 9.01. The third-order valence-electron chi connectivity index (χ3n) is 4.53. The van der Waals surface area contributed by atoms with Crippen LogP contribution in [0.25, 0.3) is 11.3 Å². The van der Waals surface area contributed by atoms with Gasteiger partial charge in [-0.25, -0.2) is 4.39 Å². The van der Waals surface area contributed by atoms with E-state index in [-0.39, 0.29) is 11.7 Å². The molecular formula is C20H24ClFN2O2. The fourth-order valence-electron chi connectivity index (χ4n) is 2.94. The molecule has 0 aliphatic heterocycles. The zero-order valence-corrected chi connectivity index (χ0v) is 15.7. The SMILES string of the molecule is CCC(CCCCCCc1cnnc(-c2cc(Cl)ccc2F)c1)C(=O)O. The highest BCUT2D eigenvalue weighted by molar-refractivity contribution is 6.30. The van der Waals surface area contributed by atoms with Crippen LogP contribution < -0.4 is 0 Å². The van der Waals surface area contributed by atoms with Crippen molar-refractivity contribution in [1.82, 2.24) is 10.2 Å². The molecule has 2 rings (SSSR count). The van der Waals surface area contributed by atoms with Gasteiger partial charge in [0.1, 0.15) is 5.82 Å². The van der Waals surface area contributed by atoms with Crippen molar-refractivity contribution in [3.63, 3.8) is 0 Å². The van der Waals surface area contributed by atoms with Crippen molar-refractivity contribution in [2.75, 3.05) is 0 Å². The number of aromatic nitrogens is 2. The molecule has 1 aromatic carbocycles. The zero-order valence-electron chi connectivity index (χ0n) is 14.9. The van der Waals surface area contributed by atoms with Crippen molar-refractivity contribution < 1.29 is 14.3 Å². The lowest BCUT2D eigenvalue weighted by molar-refractivity contribution is -0.142. The summed E-state index contributed by atoms with van der Waals surface area (Å²) >= 11 is 5.94. The number of nitrogens with zero attached hydrogens (tertiary/aromatic N) is 2. The van der Waals surface area contributed by atoms with Crippen LogP contribution in [0.5, 0.6) is 0 Å². The number of aliphatic carboxylic acids is 1. The number of carboxylic acid groups (broad SMARTS) is 1.